The molecule has 0 aliphatic heterocycles. The van der Waals surface area contributed by atoms with Gasteiger partial charge in [0.15, 0.2) is 0 Å². The first-order valence-corrected chi connectivity index (χ1v) is 18.7. The van der Waals surface area contributed by atoms with E-state index in [-0.39, 0.29) is 0 Å². The van der Waals surface area contributed by atoms with Crippen LogP contribution < -0.4 is 0 Å². The second-order valence-electron chi connectivity index (χ2n) is 17.3. The highest BCUT2D eigenvalue weighted by molar-refractivity contribution is 6.70. The van der Waals surface area contributed by atoms with Crippen molar-refractivity contribution in [1.82, 2.24) is 0 Å². The Morgan fingerprint density at radius 2 is 1.31 bits per heavy atom. The van der Waals surface area contributed by atoms with E-state index in [9.17, 15) is 0 Å². The van der Waals surface area contributed by atoms with Gasteiger partial charge in [-0.05, 0) is 140 Å². The van der Waals surface area contributed by atoms with Crippen molar-refractivity contribution in [2.24, 2.45) is 56.2 Å². The summed E-state index contributed by atoms with van der Waals surface area (Å²) in [5.74, 6) is 4.48. The molecule has 5 rings (SSSR count). The molecule has 0 amide bonds. The number of rotatable bonds is 2. The van der Waals surface area contributed by atoms with Crippen LogP contribution in [0.4, 0.5) is 0 Å². The summed E-state index contributed by atoms with van der Waals surface area (Å²) in [4.78, 5) is 0. The monoisotopic (exact) mass is 498 g/mol. The van der Waals surface area contributed by atoms with Crippen LogP contribution in [0.15, 0.2) is 11.8 Å². The molecule has 0 unspecified atom stereocenters. The lowest BCUT2D eigenvalue weighted by atomic mass is 9.30. The van der Waals surface area contributed by atoms with Crippen molar-refractivity contribution in [1.29, 1.82) is 0 Å². The van der Waals surface area contributed by atoms with E-state index in [0.29, 0.717) is 38.4 Å². The average molecular weight is 499 g/mol. The van der Waals surface area contributed by atoms with Gasteiger partial charge in [0.2, 0.25) is 8.32 Å². The second kappa shape index (κ2) is 7.66. The van der Waals surface area contributed by atoms with Gasteiger partial charge < -0.3 is 4.43 Å². The predicted octanol–water partition coefficient (Wildman–Crippen LogP) is 10.2. The summed E-state index contributed by atoms with van der Waals surface area (Å²) in [5.41, 5.74) is 2.93. The average Bonchev–Trinajstić information content (AvgIpc) is 2.73. The molecule has 0 bridgehead atoms. The van der Waals surface area contributed by atoms with Crippen molar-refractivity contribution in [2.75, 3.05) is 0 Å². The second-order valence-corrected chi connectivity index (χ2v) is 21.8. The highest BCUT2D eigenvalue weighted by Gasteiger charge is 2.70. The maximum atomic E-state index is 6.69. The molecule has 0 aromatic rings. The quantitative estimate of drug-likeness (QED) is 0.344. The molecule has 4 fully saturated rings. The molecule has 5 aliphatic carbocycles. The summed E-state index contributed by atoms with van der Waals surface area (Å²) in [6.45, 7) is 28.4. The molecule has 0 aromatic carbocycles. The standard InChI is InChI=1S/C33H58OSi/c1-23-24(34-35(9,10)11)12-13-25-30(23,5)15-14-26-31(25,6)19-21-33(8)27-22-28(2,3)16-17-29(27,4)18-20-32(26,33)7/h12,23,25-27H,13-22H2,1-11H3/t23-,25+,26-,27+,29+,30+,31-,32+,33-/m0/s1. The van der Waals surface area contributed by atoms with E-state index in [2.05, 4.69) is 81.1 Å². The minimum atomic E-state index is -1.58. The Labute approximate surface area is 219 Å². The van der Waals surface area contributed by atoms with Crippen molar-refractivity contribution in [3.05, 3.63) is 11.8 Å². The zero-order valence-electron chi connectivity index (χ0n) is 25.4. The Morgan fingerprint density at radius 3 is 1.97 bits per heavy atom. The van der Waals surface area contributed by atoms with Crippen LogP contribution in [0.1, 0.15) is 120 Å². The first-order chi connectivity index (χ1) is 15.9. The van der Waals surface area contributed by atoms with E-state index in [0.717, 1.165) is 17.8 Å². The number of allylic oxidation sites excluding steroid dienone is 2. The van der Waals surface area contributed by atoms with Gasteiger partial charge in [-0.2, -0.15) is 0 Å². The van der Waals surface area contributed by atoms with E-state index < -0.39 is 8.32 Å². The molecule has 4 saturated carbocycles. The SMILES string of the molecule is C[C@H]1C(O[Si](C)(C)C)=CC[C@@H]2[C@]1(C)CC[C@H]1[C@@]2(C)CC[C@@]2(C)[C@@H]3CC(C)(C)CC[C@]3(C)CC[C@]12C. The topological polar surface area (TPSA) is 9.23 Å². The molecule has 9 atom stereocenters. The van der Waals surface area contributed by atoms with E-state index in [4.69, 9.17) is 4.43 Å². The molecule has 2 heteroatoms. The molecule has 0 spiro atoms. The summed E-state index contributed by atoms with van der Waals surface area (Å²) in [6.07, 6.45) is 16.8. The molecule has 1 nitrogen and oxygen atoms in total. The summed E-state index contributed by atoms with van der Waals surface area (Å²) < 4.78 is 6.69. The number of hydrogen-bond acceptors (Lipinski definition) is 1. The van der Waals surface area contributed by atoms with Gasteiger partial charge in [-0.15, -0.1) is 0 Å². The van der Waals surface area contributed by atoms with Gasteiger partial charge in [-0.25, -0.2) is 0 Å². The maximum absolute atomic E-state index is 6.69. The van der Waals surface area contributed by atoms with E-state index in [1.807, 2.05) is 0 Å². The molecule has 5 aliphatic rings. The molecular weight excluding hydrogens is 440 g/mol. The van der Waals surface area contributed by atoms with Crippen LogP contribution in [0, 0.1) is 56.2 Å². The van der Waals surface area contributed by atoms with Crippen LogP contribution in [-0.4, -0.2) is 8.32 Å². The fourth-order valence-electron chi connectivity index (χ4n) is 11.4. The van der Waals surface area contributed by atoms with Crippen LogP contribution in [-0.2, 0) is 4.43 Å². The normalized spacial score (nSPS) is 53.4. The molecule has 0 saturated heterocycles. The predicted molar refractivity (Wildman–Crippen MR) is 153 cm³/mol. The van der Waals surface area contributed by atoms with E-state index in [1.54, 1.807) is 0 Å². The highest BCUT2D eigenvalue weighted by Crippen LogP contribution is 2.78. The Balaban J connectivity index is 1.50. The lowest BCUT2D eigenvalue weighted by molar-refractivity contribution is -0.254. The molecular formula is C33H58OSi. The van der Waals surface area contributed by atoms with Crippen molar-refractivity contribution in [2.45, 2.75) is 139 Å². The van der Waals surface area contributed by atoms with Gasteiger partial charge >= 0.3 is 0 Å². The summed E-state index contributed by atoms with van der Waals surface area (Å²) in [6, 6.07) is 0. The smallest absolute Gasteiger partial charge is 0.241 e. The van der Waals surface area contributed by atoms with Crippen molar-refractivity contribution < 1.29 is 4.43 Å². The lowest BCUT2D eigenvalue weighted by Crippen LogP contribution is -2.67. The minimum absolute atomic E-state index is 0.384. The third kappa shape index (κ3) is 3.64. The zero-order valence-corrected chi connectivity index (χ0v) is 26.4. The number of hydrogen-bond donors (Lipinski definition) is 0. The summed E-state index contributed by atoms with van der Waals surface area (Å²) in [7, 11) is -1.58. The molecule has 0 N–H and O–H groups in total. The summed E-state index contributed by atoms with van der Waals surface area (Å²) in [5, 5.41) is 0. The van der Waals surface area contributed by atoms with Gasteiger partial charge in [0.05, 0.1) is 5.76 Å². The third-order valence-electron chi connectivity index (χ3n) is 14.0. The Kier molecular flexibility index (Phi) is 5.77. The number of fused-ring (bicyclic) bond motifs is 7. The van der Waals surface area contributed by atoms with Crippen LogP contribution >= 0.6 is 0 Å². The van der Waals surface area contributed by atoms with Crippen LogP contribution in [0.5, 0.6) is 0 Å². The molecule has 35 heavy (non-hydrogen) atoms. The Bertz CT molecular complexity index is 897. The minimum Gasteiger partial charge on any atom is -0.547 e. The highest BCUT2D eigenvalue weighted by atomic mass is 28.4. The Hall–Kier alpha value is -0.243. The van der Waals surface area contributed by atoms with E-state index >= 15 is 0 Å². The maximum Gasteiger partial charge on any atom is 0.241 e. The van der Waals surface area contributed by atoms with Crippen LogP contribution in [0.25, 0.3) is 0 Å². The van der Waals surface area contributed by atoms with E-state index in [1.165, 1.54) is 70.0 Å². The molecule has 0 heterocycles. The fourth-order valence-corrected chi connectivity index (χ4v) is 12.4. The van der Waals surface area contributed by atoms with Gasteiger partial charge in [-0.1, -0.05) is 55.4 Å². The van der Waals surface area contributed by atoms with Crippen LogP contribution in [0.2, 0.25) is 19.6 Å². The Morgan fingerprint density at radius 1 is 0.714 bits per heavy atom. The lowest BCUT2D eigenvalue weighted by Gasteiger charge is -2.74. The molecule has 200 valence electrons. The fraction of sp³-hybridized carbons (Fsp3) is 0.939. The largest absolute Gasteiger partial charge is 0.547 e. The molecule has 0 radical (unpaired) electrons. The van der Waals surface area contributed by atoms with Gasteiger partial charge in [0.25, 0.3) is 0 Å². The first kappa shape index (κ1) is 26.4. The van der Waals surface area contributed by atoms with Crippen molar-refractivity contribution in [3.8, 4) is 0 Å². The molecule has 0 aromatic heterocycles. The van der Waals surface area contributed by atoms with Gasteiger partial charge in [0, 0.05) is 5.92 Å². The van der Waals surface area contributed by atoms with Gasteiger partial charge in [0.1, 0.15) is 0 Å². The van der Waals surface area contributed by atoms with Gasteiger partial charge in [-0.3, -0.25) is 0 Å². The first-order valence-electron chi connectivity index (χ1n) is 15.3. The van der Waals surface area contributed by atoms with Crippen molar-refractivity contribution >= 4 is 8.32 Å². The van der Waals surface area contributed by atoms with Crippen LogP contribution in [0.3, 0.4) is 0 Å². The third-order valence-corrected chi connectivity index (χ3v) is 14.8. The zero-order chi connectivity index (χ0) is 25.9. The van der Waals surface area contributed by atoms with Crippen molar-refractivity contribution in [3.63, 3.8) is 0 Å². The summed E-state index contributed by atoms with van der Waals surface area (Å²) >= 11 is 0.